The molecule has 0 fully saturated rings. The van der Waals surface area contributed by atoms with Crippen LogP contribution in [0, 0.1) is 0 Å². The fraction of sp³-hybridized carbons (Fsp3) is 0.169. The van der Waals surface area contributed by atoms with E-state index in [-0.39, 0.29) is 16.2 Å². The van der Waals surface area contributed by atoms with E-state index < -0.39 is 0 Å². The molecule has 4 aliphatic rings. The van der Waals surface area contributed by atoms with Crippen molar-refractivity contribution in [3.8, 4) is 44.5 Å². The molecule has 0 heterocycles. The third-order valence-corrected chi connectivity index (χ3v) is 16.1. The van der Waals surface area contributed by atoms with Crippen LogP contribution in [0.2, 0.25) is 0 Å². The molecule has 1 nitrogen and oxygen atoms in total. The zero-order valence-electron chi connectivity index (χ0n) is 38.8. The van der Waals surface area contributed by atoms with Crippen LogP contribution in [0.3, 0.4) is 0 Å². The summed E-state index contributed by atoms with van der Waals surface area (Å²) in [6.45, 7) is 14.6. The number of nitrogens with zero attached hydrogens (tertiary/aromatic N) is 1. The molecular weight excluding hydrogens is 795 g/mol. The Morgan fingerprint density at radius 2 is 0.773 bits per heavy atom. The number of fused-ring (bicyclic) bond motifs is 12. The van der Waals surface area contributed by atoms with Gasteiger partial charge in [0.1, 0.15) is 0 Å². The van der Waals surface area contributed by atoms with E-state index in [4.69, 9.17) is 0 Å². The molecule has 0 amide bonds. The van der Waals surface area contributed by atoms with Gasteiger partial charge in [-0.2, -0.15) is 0 Å². The summed E-state index contributed by atoms with van der Waals surface area (Å²) in [7, 11) is 0. The molecule has 0 spiro atoms. The monoisotopic (exact) mass is 847 g/mol. The lowest BCUT2D eigenvalue weighted by atomic mass is 9.79. The Kier molecular flexibility index (Phi) is 8.25. The molecule has 9 aromatic carbocycles. The molecular formula is C65H53N. The zero-order chi connectivity index (χ0) is 44.7. The molecule has 66 heavy (non-hydrogen) atoms. The van der Waals surface area contributed by atoms with Crippen molar-refractivity contribution in [3.63, 3.8) is 0 Å². The molecule has 0 aliphatic heterocycles. The number of anilines is 3. The van der Waals surface area contributed by atoms with Gasteiger partial charge in [0.25, 0.3) is 0 Å². The van der Waals surface area contributed by atoms with Gasteiger partial charge in [0.2, 0.25) is 0 Å². The summed E-state index contributed by atoms with van der Waals surface area (Å²) in [5.74, 6) is 0. The standard InChI is InChI=1S/C65H53N/c1-63(2)55-28-18-17-25-47(55)48-32-29-42(35-56(48)63)66(43-30-33-51-57(36-43)64(3,4)59-38-53(40-19-9-7-10-20-40)45-23-13-15-26-49(45)61(51)59)44-31-34-52-58(37-44)65(5,6)60-39-54(41-21-11-8-12-22-41)46-24-14-16-27-50(46)62(52)60/h7-16,18-24,26-39H,17,25H2,1-6H3. The van der Waals surface area contributed by atoms with E-state index in [1.807, 2.05) is 0 Å². The Balaban J connectivity index is 1.01. The van der Waals surface area contributed by atoms with Gasteiger partial charge in [-0.15, -0.1) is 0 Å². The lowest BCUT2D eigenvalue weighted by Gasteiger charge is -2.31. The first-order valence-corrected chi connectivity index (χ1v) is 23.9. The highest BCUT2D eigenvalue weighted by Crippen LogP contribution is 2.58. The molecule has 0 saturated carbocycles. The lowest BCUT2D eigenvalue weighted by molar-refractivity contribution is 0.651. The number of allylic oxidation sites excluding steroid dienone is 4. The van der Waals surface area contributed by atoms with Gasteiger partial charge >= 0.3 is 0 Å². The van der Waals surface area contributed by atoms with Crippen LogP contribution in [-0.4, -0.2) is 0 Å². The SMILES string of the molecule is CC1(C)C2=C(CCC=C2)c2ccc(N(c3ccc4c(c3)C(C)(C)c3cc(-c5ccccc5)c5ccccc5c3-4)c3ccc4c(c3)C(C)(C)c3cc(-c5ccccc5)c5ccccc5c3-4)cc21. The van der Waals surface area contributed by atoms with Gasteiger partial charge in [-0.25, -0.2) is 0 Å². The summed E-state index contributed by atoms with van der Waals surface area (Å²) in [5.41, 5.74) is 24.9. The van der Waals surface area contributed by atoms with Crippen molar-refractivity contribution in [2.24, 2.45) is 0 Å². The van der Waals surface area contributed by atoms with Crippen LogP contribution < -0.4 is 4.90 Å². The predicted molar refractivity (Wildman–Crippen MR) is 280 cm³/mol. The molecule has 0 bridgehead atoms. The largest absolute Gasteiger partial charge is 0.310 e. The van der Waals surface area contributed by atoms with E-state index in [9.17, 15) is 0 Å². The average Bonchev–Trinajstić information content (AvgIpc) is 3.83. The second-order valence-corrected chi connectivity index (χ2v) is 20.7. The fourth-order valence-corrected chi connectivity index (χ4v) is 12.7. The summed E-state index contributed by atoms with van der Waals surface area (Å²) in [5, 5.41) is 5.24. The Hall–Kier alpha value is -7.22. The van der Waals surface area contributed by atoms with Crippen molar-refractivity contribution < 1.29 is 0 Å². The second-order valence-electron chi connectivity index (χ2n) is 20.7. The highest BCUT2D eigenvalue weighted by molar-refractivity contribution is 6.11. The van der Waals surface area contributed by atoms with Gasteiger partial charge in [0, 0.05) is 33.3 Å². The Bertz CT molecular complexity index is 3410. The van der Waals surface area contributed by atoms with Crippen LogP contribution in [0.25, 0.3) is 71.6 Å². The van der Waals surface area contributed by atoms with Crippen molar-refractivity contribution in [3.05, 3.63) is 227 Å². The molecule has 0 aromatic heterocycles. The number of rotatable bonds is 5. The fourth-order valence-electron chi connectivity index (χ4n) is 12.7. The Morgan fingerprint density at radius 3 is 1.24 bits per heavy atom. The smallest absolute Gasteiger partial charge is 0.0465 e. The molecule has 318 valence electrons. The maximum absolute atomic E-state index is 2.56. The van der Waals surface area contributed by atoms with Gasteiger partial charge in [0.15, 0.2) is 0 Å². The first kappa shape index (κ1) is 39.2. The Labute approximate surface area is 389 Å². The summed E-state index contributed by atoms with van der Waals surface area (Å²) >= 11 is 0. The molecule has 13 rings (SSSR count). The molecule has 4 aliphatic carbocycles. The van der Waals surface area contributed by atoms with Crippen LogP contribution in [0.4, 0.5) is 17.1 Å². The summed E-state index contributed by atoms with van der Waals surface area (Å²) in [4.78, 5) is 2.56. The molecule has 0 atom stereocenters. The quantitative estimate of drug-likeness (QED) is 0.167. The van der Waals surface area contributed by atoms with Crippen LogP contribution >= 0.6 is 0 Å². The van der Waals surface area contributed by atoms with Gasteiger partial charge in [0.05, 0.1) is 0 Å². The number of hydrogen-bond acceptors (Lipinski definition) is 1. The lowest BCUT2D eigenvalue weighted by Crippen LogP contribution is -2.19. The summed E-state index contributed by atoms with van der Waals surface area (Å²) in [6.07, 6.45) is 6.98. The topological polar surface area (TPSA) is 3.24 Å². The second kappa shape index (κ2) is 13.9. The summed E-state index contributed by atoms with van der Waals surface area (Å²) < 4.78 is 0. The van der Waals surface area contributed by atoms with Crippen LogP contribution in [-0.2, 0) is 16.2 Å². The van der Waals surface area contributed by atoms with Crippen molar-refractivity contribution in [2.45, 2.75) is 70.6 Å². The first-order chi connectivity index (χ1) is 32.0. The predicted octanol–water partition coefficient (Wildman–Crippen LogP) is 17.8. The minimum atomic E-state index is -0.228. The summed E-state index contributed by atoms with van der Waals surface area (Å²) in [6, 6.07) is 66.9. The van der Waals surface area contributed by atoms with E-state index in [2.05, 4.69) is 235 Å². The highest BCUT2D eigenvalue weighted by atomic mass is 15.1. The number of hydrogen-bond donors (Lipinski definition) is 0. The normalized spacial score (nSPS) is 16.5. The molecule has 0 N–H and O–H groups in total. The maximum atomic E-state index is 2.56. The van der Waals surface area contributed by atoms with E-state index in [1.165, 1.54) is 128 Å². The maximum Gasteiger partial charge on any atom is 0.0465 e. The van der Waals surface area contributed by atoms with Crippen LogP contribution in [0.5, 0.6) is 0 Å². The third-order valence-electron chi connectivity index (χ3n) is 16.1. The molecule has 9 aromatic rings. The van der Waals surface area contributed by atoms with Gasteiger partial charge in [-0.1, -0.05) is 181 Å². The number of benzene rings is 9. The minimum absolute atomic E-state index is 0.0819. The first-order valence-electron chi connectivity index (χ1n) is 23.9. The van der Waals surface area contributed by atoms with Crippen molar-refractivity contribution >= 4 is 44.2 Å². The molecule has 0 radical (unpaired) electrons. The van der Waals surface area contributed by atoms with E-state index >= 15 is 0 Å². The van der Waals surface area contributed by atoms with Gasteiger partial charge in [-0.05, 0) is 172 Å². The molecule has 0 saturated heterocycles. The Morgan fingerprint density at radius 1 is 0.364 bits per heavy atom. The highest BCUT2D eigenvalue weighted by Gasteiger charge is 2.41. The van der Waals surface area contributed by atoms with E-state index in [1.54, 1.807) is 0 Å². The average molecular weight is 848 g/mol. The molecule has 1 heteroatoms. The van der Waals surface area contributed by atoms with Gasteiger partial charge in [-0.3, -0.25) is 0 Å². The van der Waals surface area contributed by atoms with E-state index in [0.717, 1.165) is 12.8 Å². The zero-order valence-corrected chi connectivity index (χ0v) is 38.8. The van der Waals surface area contributed by atoms with Crippen molar-refractivity contribution in [1.29, 1.82) is 0 Å². The van der Waals surface area contributed by atoms with Crippen LogP contribution in [0.15, 0.2) is 194 Å². The van der Waals surface area contributed by atoms with Crippen molar-refractivity contribution in [1.82, 2.24) is 0 Å². The molecule has 0 unspecified atom stereocenters. The van der Waals surface area contributed by atoms with Gasteiger partial charge < -0.3 is 4.90 Å². The minimum Gasteiger partial charge on any atom is -0.310 e. The van der Waals surface area contributed by atoms with Crippen LogP contribution in [0.1, 0.15) is 87.8 Å². The third kappa shape index (κ3) is 5.41. The van der Waals surface area contributed by atoms with Crippen molar-refractivity contribution in [2.75, 3.05) is 4.90 Å². The van der Waals surface area contributed by atoms with E-state index in [0.29, 0.717) is 0 Å².